The maximum Gasteiger partial charge on any atom is 0.303 e. The van der Waals surface area contributed by atoms with Crippen molar-refractivity contribution in [2.75, 3.05) is 7.11 Å². The summed E-state index contributed by atoms with van der Waals surface area (Å²) in [5.41, 5.74) is 0.642. The second kappa shape index (κ2) is 8.80. The summed E-state index contributed by atoms with van der Waals surface area (Å²) in [6.45, 7) is 2.09. The molecule has 154 valence electrons. The molecule has 0 heterocycles. The Morgan fingerprint density at radius 1 is 1.25 bits per heavy atom. The van der Waals surface area contributed by atoms with Gasteiger partial charge in [0.25, 0.3) is 0 Å². The largest absolute Gasteiger partial charge is 0.481 e. The van der Waals surface area contributed by atoms with Crippen LogP contribution in [0.1, 0.15) is 64.7 Å². The molecule has 0 radical (unpaired) electrons. The zero-order valence-electron chi connectivity index (χ0n) is 16.9. The minimum Gasteiger partial charge on any atom is -0.481 e. The molecule has 0 amide bonds. The van der Waals surface area contributed by atoms with Crippen molar-refractivity contribution in [3.05, 3.63) is 11.6 Å². The van der Waals surface area contributed by atoms with Crippen molar-refractivity contribution in [2.24, 2.45) is 23.7 Å². The fourth-order valence-electron chi connectivity index (χ4n) is 5.65. The molecule has 1 unspecified atom stereocenters. The number of hydrogen-bond donors (Lipinski definition) is 2. The summed E-state index contributed by atoms with van der Waals surface area (Å²) in [6, 6.07) is 0. The zero-order chi connectivity index (χ0) is 20.3. The molecular weight excluding hydrogens is 356 g/mol. The van der Waals surface area contributed by atoms with Crippen LogP contribution in [0, 0.1) is 35.5 Å². The van der Waals surface area contributed by atoms with Crippen molar-refractivity contribution in [2.45, 2.75) is 76.4 Å². The Bertz CT molecular complexity index is 694. The number of aliphatic hydroxyl groups is 1. The molecule has 3 aliphatic rings. The highest BCUT2D eigenvalue weighted by atomic mass is 16.5. The highest BCUT2D eigenvalue weighted by Gasteiger charge is 2.62. The highest BCUT2D eigenvalue weighted by molar-refractivity contribution is 5.97. The monoisotopic (exact) mass is 388 g/mol. The molecular formula is C23H32O5. The van der Waals surface area contributed by atoms with Crippen molar-refractivity contribution in [3.63, 3.8) is 0 Å². The van der Waals surface area contributed by atoms with Gasteiger partial charge in [-0.1, -0.05) is 38.2 Å². The molecule has 0 spiro atoms. The van der Waals surface area contributed by atoms with Crippen LogP contribution in [0.4, 0.5) is 0 Å². The number of methoxy groups -OCH3 is 1. The van der Waals surface area contributed by atoms with Gasteiger partial charge in [0, 0.05) is 25.4 Å². The van der Waals surface area contributed by atoms with E-state index in [-0.39, 0.29) is 35.9 Å². The van der Waals surface area contributed by atoms with E-state index in [1.54, 1.807) is 7.11 Å². The number of ether oxygens (including phenoxy) is 1. The molecule has 5 nitrogen and oxygen atoms in total. The van der Waals surface area contributed by atoms with Crippen molar-refractivity contribution in [3.8, 4) is 11.8 Å². The third-order valence-electron chi connectivity index (χ3n) is 7.09. The summed E-state index contributed by atoms with van der Waals surface area (Å²) in [6.07, 6.45) is 8.55. The average molecular weight is 389 g/mol. The normalized spacial score (nSPS) is 36.8. The summed E-state index contributed by atoms with van der Waals surface area (Å²) in [5.74, 6) is 5.17. The number of carbonyl (C=O) groups excluding carboxylic acids is 1. The maximum absolute atomic E-state index is 12.5. The van der Waals surface area contributed by atoms with Gasteiger partial charge >= 0.3 is 5.97 Å². The number of rotatable bonds is 5. The van der Waals surface area contributed by atoms with Crippen LogP contribution in [0.25, 0.3) is 0 Å². The Kier molecular flexibility index (Phi) is 6.62. The fourth-order valence-corrected chi connectivity index (χ4v) is 5.65. The number of fused-ring (bicyclic) bond motifs is 1. The van der Waals surface area contributed by atoms with E-state index in [4.69, 9.17) is 9.84 Å². The van der Waals surface area contributed by atoms with Gasteiger partial charge in [0.2, 0.25) is 5.78 Å². The van der Waals surface area contributed by atoms with Crippen LogP contribution >= 0.6 is 0 Å². The molecule has 2 N–H and O–H groups in total. The van der Waals surface area contributed by atoms with Gasteiger partial charge < -0.3 is 14.9 Å². The molecule has 0 bridgehead atoms. The Morgan fingerprint density at radius 3 is 2.61 bits per heavy atom. The summed E-state index contributed by atoms with van der Waals surface area (Å²) >= 11 is 0. The van der Waals surface area contributed by atoms with Crippen LogP contribution in [0.3, 0.4) is 0 Å². The van der Waals surface area contributed by atoms with Gasteiger partial charge in [-0.15, -0.1) is 0 Å². The fraction of sp³-hybridized carbons (Fsp3) is 0.739. The summed E-state index contributed by atoms with van der Waals surface area (Å²) in [4.78, 5) is 23.3. The predicted octanol–water partition coefficient (Wildman–Crippen LogP) is 3.35. The molecule has 5 heteroatoms. The molecule has 0 aliphatic heterocycles. The van der Waals surface area contributed by atoms with Crippen molar-refractivity contribution in [1.82, 2.24) is 0 Å². The number of hydrogen-bond acceptors (Lipinski definition) is 4. The van der Waals surface area contributed by atoms with Gasteiger partial charge in [-0.05, 0) is 49.5 Å². The van der Waals surface area contributed by atoms with Crippen LogP contribution in [-0.4, -0.2) is 40.8 Å². The molecule has 5 atom stereocenters. The first kappa shape index (κ1) is 21.1. The number of Topliss-reactive ketones (excluding diaryl/α,β-unsaturated/α-hetero) is 1. The molecule has 3 fully saturated rings. The van der Waals surface area contributed by atoms with E-state index in [9.17, 15) is 14.7 Å². The van der Waals surface area contributed by atoms with E-state index < -0.39 is 17.7 Å². The lowest BCUT2D eigenvalue weighted by Crippen LogP contribution is -2.64. The average Bonchev–Trinajstić information content (AvgIpc) is 2.70. The van der Waals surface area contributed by atoms with Crippen molar-refractivity contribution in [1.29, 1.82) is 0 Å². The lowest BCUT2D eigenvalue weighted by molar-refractivity contribution is -0.162. The van der Waals surface area contributed by atoms with Gasteiger partial charge in [-0.25, -0.2) is 0 Å². The second-order valence-electron chi connectivity index (χ2n) is 8.60. The van der Waals surface area contributed by atoms with Crippen LogP contribution in [0.5, 0.6) is 0 Å². The number of carbonyl (C=O) groups is 2. The summed E-state index contributed by atoms with van der Waals surface area (Å²) in [5, 5.41) is 19.5. The van der Waals surface area contributed by atoms with Crippen molar-refractivity contribution >= 4 is 11.8 Å². The van der Waals surface area contributed by atoms with E-state index in [1.807, 2.05) is 6.08 Å². The van der Waals surface area contributed by atoms with Crippen LogP contribution in [0.15, 0.2) is 11.6 Å². The third-order valence-corrected chi connectivity index (χ3v) is 7.09. The molecule has 3 aliphatic carbocycles. The first-order chi connectivity index (χ1) is 13.4. The molecule has 0 aromatic rings. The molecule has 0 aromatic carbocycles. The standard InChI is InChI=1S/C23H32O5/c1-15-18(9-6-10-21(26)27)23(28-2)14-13-20(25)17(22(15)23)11-12-19(24)16-7-4-3-5-8-16/h9,15-17,20,22,25H,3-8,10,13-14H2,1-2H3,(H,26,27)/t15?,17-,20+,22+,23-/m1/s1. The molecule has 3 rings (SSSR count). The predicted molar refractivity (Wildman–Crippen MR) is 105 cm³/mol. The van der Waals surface area contributed by atoms with Crippen LogP contribution in [0.2, 0.25) is 0 Å². The maximum atomic E-state index is 12.5. The van der Waals surface area contributed by atoms with E-state index in [0.29, 0.717) is 19.3 Å². The van der Waals surface area contributed by atoms with Gasteiger partial charge in [-0.2, -0.15) is 0 Å². The Hall–Kier alpha value is -1.64. The Balaban J connectivity index is 1.77. The highest BCUT2D eigenvalue weighted by Crippen LogP contribution is 2.60. The number of carboxylic acid groups (broad SMARTS) is 1. The lowest BCUT2D eigenvalue weighted by atomic mass is 9.48. The molecule has 3 saturated carbocycles. The topological polar surface area (TPSA) is 83.8 Å². The second-order valence-corrected chi connectivity index (χ2v) is 8.60. The number of ketones is 1. The van der Waals surface area contributed by atoms with Gasteiger partial charge in [0.1, 0.15) is 0 Å². The number of aliphatic hydroxyl groups excluding tert-OH is 1. The zero-order valence-corrected chi connectivity index (χ0v) is 16.9. The Morgan fingerprint density at radius 2 is 1.96 bits per heavy atom. The minimum atomic E-state index is -0.809. The Labute approximate surface area is 167 Å². The minimum absolute atomic E-state index is 0.0182. The van der Waals surface area contributed by atoms with Crippen molar-refractivity contribution < 1.29 is 24.5 Å². The first-order valence-electron chi connectivity index (χ1n) is 10.6. The smallest absolute Gasteiger partial charge is 0.303 e. The summed E-state index contributed by atoms with van der Waals surface area (Å²) in [7, 11) is 1.68. The molecule has 28 heavy (non-hydrogen) atoms. The number of aliphatic carboxylic acids is 1. The first-order valence-corrected chi connectivity index (χ1v) is 10.6. The summed E-state index contributed by atoms with van der Waals surface area (Å²) < 4.78 is 5.94. The SMILES string of the molecule is CO[C@@]12CC[C@H](O)[C@@H](C#CC(=O)C3CCCCC3)[C@@H]1C(C)C2=CCCC(=O)O. The van der Waals surface area contributed by atoms with Gasteiger partial charge in [-0.3, -0.25) is 9.59 Å². The van der Waals surface area contributed by atoms with Crippen LogP contribution < -0.4 is 0 Å². The van der Waals surface area contributed by atoms with E-state index >= 15 is 0 Å². The van der Waals surface area contributed by atoms with Gasteiger partial charge in [0.05, 0.1) is 17.6 Å². The van der Waals surface area contributed by atoms with Crippen LogP contribution in [-0.2, 0) is 14.3 Å². The molecule has 0 saturated heterocycles. The molecule has 0 aromatic heterocycles. The van der Waals surface area contributed by atoms with E-state index in [2.05, 4.69) is 18.8 Å². The van der Waals surface area contributed by atoms with Gasteiger partial charge in [0.15, 0.2) is 0 Å². The van der Waals surface area contributed by atoms with E-state index in [1.165, 1.54) is 6.42 Å². The van der Waals surface area contributed by atoms with E-state index in [0.717, 1.165) is 31.3 Å². The third kappa shape index (κ3) is 3.90. The number of carboxylic acids is 1. The lowest BCUT2D eigenvalue weighted by Gasteiger charge is -2.61. The quantitative estimate of drug-likeness (QED) is 0.429. The number of allylic oxidation sites excluding steroid dienone is 1.